The van der Waals surface area contributed by atoms with Crippen molar-refractivity contribution in [1.29, 1.82) is 0 Å². The number of methoxy groups -OCH3 is 1. The average Bonchev–Trinajstić information content (AvgIpc) is 2.38. The summed E-state index contributed by atoms with van der Waals surface area (Å²) in [6, 6.07) is 2.87. The Morgan fingerprint density at radius 3 is 2.57 bits per heavy atom. The maximum absolute atomic E-state index is 11.5. The molecule has 0 fully saturated rings. The summed E-state index contributed by atoms with van der Waals surface area (Å²) in [5.74, 6) is -0.495. The normalized spacial score (nSPS) is 10.3. The van der Waals surface area contributed by atoms with Crippen LogP contribution in [0.1, 0.15) is 30.6 Å². The smallest absolute Gasteiger partial charge is 0.335 e. The van der Waals surface area contributed by atoms with Gasteiger partial charge in [-0.05, 0) is 41.9 Å². The molecule has 0 heterocycles. The molecule has 7 heteroatoms. The largest absolute Gasteiger partial charge is 0.493 e. The van der Waals surface area contributed by atoms with Gasteiger partial charge in [-0.15, -0.1) is 0 Å². The summed E-state index contributed by atoms with van der Waals surface area (Å²) in [4.78, 5) is 22.5. The molecule has 0 aliphatic rings. The number of benzene rings is 1. The van der Waals surface area contributed by atoms with Crippen molar-refractivity contribution in [2.75, 3.05) is 13.7 Å². The number of rotatable bonds is 7. The van der Waals surface area contributed by atoms with Crippen molar-refractivity contribution >= 4 is 27.8 Å². The van der Waals surface area contributed by atoms with E-state index in [1.165, 1.54) is 19.2 Å². The number of carboxylic acid groups (broad SMARTS) is 1. The molecule has 0 saturated heterocycles. The van der Waals surface area contributed by atoms with Gasteiger partial charge in [0.05, 0.1) is 30.2 Å². The number of halogens is 1. The fraction of sp³-hybridized carbons (Fsp3) is 0.429. The van der Waals surface area contributed by atoms with Crippen LogP contribution in [0.15, 0.2) is 16.6 Å². The predicted molar refractivity (Wildman–Crippen MR) is 81.0 cm³/mol. The SMILES string of the molecule is COc1cc(C(=O)O)cc(Br)c1OCCC(=O)NC(C)C. The minimum absolute atomic E-state index is 0.0774. The van der Waals surface area contributed by atoms with Crippen LogP contribution in [0.25, 0.3) is 0 Å². The highest BCUT2D eigenvalue weighted by molar-refractivity contribution is 9.10. The lowest BCUT2D eigenvalue weighted by Crippen LogP contribution is -2.31. The van der Waals surface area contributed by atoms with Gasteiger partial charge in [-0.3, -0.25) is 4.79 Å². The summed E-state index contributed by atoms with van der Waals surface area (Å²) in [5.41, 5.74) is 0.0867. The Morgan fingerprint density at radius 2 is 2.05 bits per heavy atom. The van der Waals surface area contributed by atoms with E-state index in [0.29, 0.717) is 16.0 Å². The fourth-order valence-corrected chi connectivity index (χ4v) is 2.18. The van der Waals surface area contributed by atoms with E-state index in [1.807, 2.05) is 13.8 Å². The van der Waals surface area contributed by atoms with Crippen LogP contribution in [0.3, 0.4) is 0 Å². The molecule has 1 amide bonds. The van der Waals surface area contributed by atoms with Gasteiger partial charge in [-0.1, -0.05) is 0 Å². The van der Waals surface area contributed by atoms with Crippen molar-refractivity contribution in [2.45, 2.75) is 26.3 Å². The second kappa shape index (κ2) is 7.87. The molecule has 0 spiro atoms. The highest BCUT2D eigenvalue weighted by atomic mass is 79.9. The zero-order valence-corrected chi connectivity index (χ0v) is 13.7. The first-order valence-corrected chi connectivity index (χ1v) is 7.17. The monoisotopic (exact) mass is 359 g/mol. The zero-order chi connectivity index (χ0) is 16.0. The van der Waals surface area contributed by atoms with Crippen LogP contribution in [0.5, 0.6) is 11.5 Å². The summed E-state index contributed by atoms with van der Waals surface area (Å²) >= 11 is 3.25. The van der Waals surface area contributed by atoms with Crippen LogP contribution in [0.4, 0.5) is 0 Å². The van der Waals surface area contributed by atoms with Crippen LogP contribution in [0, 0.1) is 0 Å². The number of ether oxygens (including phenoxy) is 2. The Labute approximate surface area is 131 Å². The second-order valence-electron chi connectivity index (χ2n) is 4.62. The number of carbonyl (C=O) groups is 2. The number of carbonyl (C=O) groups excluding carboxylic acids is 1. The number of carboxylic acids is 1. The van der Waals surface area contributed by atoms with Gasteiger partial charge in [0.1, 0.15) is 0 Å². The quantitative estimate of drug-likeness (QED) is 0.780. The molecular formula is C14H18BrNO5. The van der Waals surface area contributed by atoms with E-state index in [0.717, 1.165) is 0 Å². The average molecular weight is 360 g/mol. The van der Waals surface area contributed by atoms with Crippen LogP contribution in [-0.2, 0) is 4.79 Å². The zero-order valence-electron chi connectivity index (χ0n) is 12.1. The standard InChI is InChI=1S/C14H18BrNO5/c1-8(2)16-12(17)4-5-21-13-10(15)6-9(14(18)19)7-11(13)20-3/h6-8H,4-5H2,1-3H3,(H,16,17)(H,18,19). The maximum atomic E-state index is 11.5. The predicted octanol–water partition coefficient (Wildman–Crippen LogP) is 2.45. The van der Waals surface area contributed by atoms with E-state index >= 15 is 0 Å². The molecule has 0 unspecified atom stereocenters. The third kappa shape index (κ3) is 5.26. The van der Waals surface area contributed by atoms with Gasteiger partial charge in [0.2, 0.25) is 5.91 Å². The molecular weight excluding hydrogens is 342 g/mol. The van der Waals surface area contributed by atoms with E-state index in [-0.39, 0.29) is 30.5 Å². The lowest BCUT2D eigenvalue weighted by Gasteiger charge is -2.14. The Morgan fingerprint density at radius 1 is 1.38 bits per heavy atom. The maximum Gasteiger partial charge on any atom is 0.335 e. The summed E-state index contributed by atoms with van der Waals surface area (Å²) in [6.45, 7) is 3.92. The molecule has 2 N–H and O–H groups in total. The molecule has 6 nitrogen and oxygen atoms in total. The van der Waals surface area contributed by atoms with Crippen molar-refractivity contribution < 1.29 is 24.2 Å². The first-order chi connectivity index (χ1) is 9.85. The molecule has 1 aromatic carbocycles. The molecule has 0 bridgehead atoms. The number of aromatic carboxylic acids is 1. The first-order valence-electron chi connectivity index (χ1n) is 6.38. The molecule has 0 aliphatic carbocycles. The number of amides is 1. The van der Waals surface area contributed by atoms with Gasteiger partial charge in [-0.25, -0.2) is 4.79 Å². The molecule has 0 aromatic heterocycles. The lowest BCUT2D eigenvalue weighted by atomic mass is 10.2. The van der Waals surface area contributed by atoms with E-state index in [1.54, 1.807) is 0 Å². The van der Waals surface area contributed by atoms with Crippen LogP contribution in [0.2, 0.25) is 0 Å². The summed E-state index contributed by atoms with van der Waals surface area (Å²) in [7, 11) is 1.42. The van der Waals surface area contributed by atoms with E-state index < -0.39 is 5.97 Å². The molecule has 0 atom stereocenters. The molecule has 0 radical (unpaired) electrons. The van der Waals surface area contributed by atoms with Crippen LogP contribution in [-0.4, -0.2) is 36.7 Å². The van der Waals surface area contributed by atoms with Gasteiger partial charge in [-0.2, -0.15) is 0 Å². The van der Waals surface area contributed by atoms with Crippen molar-refractivity contribution in [3.8, 4) is 11.5 Å². The number of hydrogen-bond donors (Lipinski definition) is 2. The summed E-state index contributed by atoms with van der Waals surface area (Å²) < 4.78 is 11.1. The van der Waals surface area contributed by atoms with Gasteiger partial charge in [0.15, 0.2) is 11.5 Å². The van der Waals surface area contributed by atoms with E-state index in [9.17, 15) is 9.59 Å². The highest BCUT2D eigenvalue weighted by Gasteiger charge is 2.15. The van der Waals surface area contributed by atoms with Crippen LogP contribution < -0.4 is 14.8 Å². The van der Waals surface area contributed by atoms with Gasteiger partial charge >= 0.3 is 5.97 Å². The van der Waals surface area contributed by atoms with Crippen molar-refractivity contribution in [1.82, 2.24) is 5.32 Å². The van der Waals surface area contributed by atoms with Gasteiger partial charge in [0, 0.05) is 6.04 Å². The van der Waals surface area contributed by atoms with Crippen molar-refractivity contribution in [2.24, 2.45) is 0 Å². The fourth-order valence-electron chi connectivity index (χ4n) is 1.62. The van der Waals surface area contributed by atoms with Gasteiger partial charge < -0.3 is 19.9 Å². The third-order valence-corrected chi connectivity index (χ3v) is 3.09. The molecule has 0 aliphatic heterocycles. The van der Waals surface area contributed by atoms with Crippen molar-refractivity contribution in [3.63, 3.8) is 0 Å². The number of hydrogen-bond acceptors (Lipinski definition) is 4. The molecule has 1 aromatic rings. The molecule has 1 rings (SSSR count). The summed E-state index contributed by atoms with van der Waals surface area (Å²) in [5, 5.41) is 11.7. The second-order valence-corrected chi connectivity index (χ2v) is 5.47. The van der Waals surface area contributed by atoms with Gasteiger partial charge in [0.25, 0.3) is 0 Å². The minimum Gasteiger partial charge on any atom is -0.493 e. The molecule has 116 valence electrons. The van der Waals surface area contributed by atoms with Crippen LogP contribution >= 0.6 is 15.9 Å². The van der Waals surface area contributed by atoms with Crippen molar-refractivity contribution in [3.05, 3.63) is 22.2 Å². The molecule has 0 saturated carbocycles. The molecule has 21 heavy (non-hydrogen) atoms. The highest BCUT2D eigenvalue weighted by Crippen LogP contribution is 2.36. The Kier molecular flexibility index (Phi) is 6.48. The Bertz CT molecular complexity index is 530. The summed E-state index contributed by atoms with van der Waals surface area (Å²) in [6.07, 6.45) is 0.203. The number of nitrogens with one attached hydrogen (secondary N) is 1. The first kappa shape index (κ1) is 17.3. The van der Waals surface area contributed by atoms with E-state index in [4.69, 9.17) is 14.6 Å². The minimum atomic E-state index is -1.06. The third-order valence-electron chi connectivity index (χ3n) is 2.50. The Hall–Kier alpha value is -1.76. The lowest BCUT2D eigenvalue weighted by molar-refractivity contribution is -0.122. The topological polar surface area (TPSA) is 84.9 Å². The van der Waals surface area contributed by atoms with E-state index in [2.05, 4.69) is 21.2 Å². The Balaban J connectivity index is 2.75.